The Hall–Kier alpha value is -4.27. The van der Waals surface area contributed by atoms with Crippen LogP contribution in [-0.2, 0) is 6.54 Å². The van der Waals surface area contributed by atoms with Crippen molar-refractivity contribution in [3.05, 3.63) is 85.9 Å². The molecular weight excluding hydrogens is 434 g/mol. The number of H-pyrrole nitrogens is 1. The maximum Gasteiger partial charge on any atom is 0.272 e. The van der Waals surface area contributed by atoms with Gasteiger partial charge in [0.2, 0.25) is 0 Å². The lowest BCUT2D eigenvalue weighted by Gasteiger charge is -2.13. The van der Waals surface area contributed by atoms with Gasteiger partial charge in [-0.2, -0.15) is 5.10 Å². The fraction of sp³-hybridized carbons (Fsp3) is 0.240. The molecule has 1 aliphatic rings. The number of hydrogen-bond donors (Lipinski definition) is 3. The Balaban J connectivity index is 1.22. The monoisotopic (exact) mass is 457 g/mol. The van der Waals surface area contributed by atoms with Crippen LogP contribution in [0.4, 0.5) is 11.4 Å². The first-order chi connectivity index (χ1) is 16.5. The molecule has 1 fully saturated rings. The summed E-state index contributed by atoms with van der Waals surface area (Å²) in [5.41, 5.74) is 1.76. The van der Waals surface area contributed by atoms with Gasteiger partial charge in [0.25, 0.3) is 16.8 Å². The minimum absolute atomic E-state index is 0.0682. The van der Waals surface area contributed by atoms with Gasteiger partial charge >= 0.3 is 0 Å². The van der Waals surface area contributed by atoms with Gasteiger partial charge in [0.1, 0.15) is 11.5 Å². The molecular formula is C25H23N5O4. The third-order valence-corrected chi connectivity index (χ3v) is 5.68. The average Bonchev–Trinajstić information content (AvgIpc) is 3.60. The van der Waals surface area contributed by atoms with Crippen LogP contribution in [0.2, 0.25) is 0 Å². The van der Waals surface area contributed by atoms with E-state index < -0.39 is 10.9 Å². The van der Waals surface area contributed by atoms with E-state index in [1.54, 1.807) is 25.1 Å². The molecule has 1 aliphatic carbocycles. The van der Waals surface area contributed by atoms with Gasteiger partial charge in [0.05, 0.1) is 6.61 Å². The van der Waals surface area contributed by atoms with E-state index >= 15 is 0 Å². The smallest absolute Gasteiger partial charge is 0.272 e. The molecule has 5 rings (SSSR count). The second kappa shape index (κ2) is 8.93. The van der Waals surface area contributed by atoms with E-state index in [0.717, 1.165) is 29.8 Å². The predicted molar refractivity (Wildman–Crippen MR) is 128 cm³/mol. The number of hydrogen-bond acceptors (Lipinski definition) is 7. The Morgan fingerprint density at radius 2 is 1.91 bits per heavy atom. The molecule has 4 aromatic rings. The highest BCUT2D eigenvalue weighted by Gasteiger charge is 2.27. The van der Waals surface area contributed by atoms with Crippen molar-refractivity contribution < 1.29 is 9.53 Å². The summed E-state index contributed by atoms with van der Waals surface area (Å²) in [6, 6.07) is 14.4. The summed E-state index contributed by atoms with van der Waals surface area (Å²) >= 11 is 0. The molecule has 3 aromatic carbocycles. The molecule has 3 N–H and O–H groups in total. The van der Waals surface area contributed by atoms with Crippen molar-refractivity contribution in [2.24, 2.45) is 0 Å². The summed E-state index contributed by atoms with van der Waals surface area (Å²) in [7, 11) is 0. The summed E-state index contributed by atoms with van der Waals surface area (Å²) in [5, 5.41) is 13.1. The highest BCUT2D eigenvalue weighted by Crippen LogP contribution is 2.38. The molecule has 1 amide bonds. The van der Waals surface area contributed by atoms with Crippen LogP contribution in [0.3, 0.4) is 0 Å². The number of ether oxygens (including phenoxy) is 1. The molecule has 0 spiro atoms. The number of aromatic nitrogens is 3. The fourth-order valence-electron chi connectivity index (χ4n) is 3.68. The van der Waals surface area contributed by atoms with Gasteiger partial charge in [0.15, 0.2) is 11.6 Å². The average molecular weight is 457 g/mol. The van der Waals surface area contributed by atoms with Crippen molar-refractivity contribution >= 4 is 17.3 Å². The molecule has 1 saturated carbocycles. The Bertz CT molecular complexity index is 1410. The summed E-state index contributed by atoms with van der Waals surface area (Å²) in [4.78, 5) is 40.7. The van der Waals surface area contributed by atoms with E-state index in [4.69, 9.17) is 4.74 Å². The maximum absolute atomic E-state index is 12.8. The van der Waals surface area contributed by atoms with Crippen molar-refractivity contribution in [3.63, 3.8) is 0 Å². The van der Waals surface area contributed by atoms with Crippen molar-refractivity contribution in [1.29, 1.82) is 0 Å². The second-order valence-electron chi connectivity index (χ2n) is 8.20. The van der Waals surface area contributed by atoms with Gasteiger partial charge in [0, 0.05) is 29.3 Å². The summed E-state index contributed by atoms with van der Waals surface area (Å²) in [5.74, 6) is 1.90. The minimum atomic E-state index is -0.616. The van der Waals surface area contributed by atoms with Crippen LogP contribution in [0, 0.1) is 0 Å². The van der Waals surface area contributed by atoms with Crippen LogP contribution >= 0.6 is 0 Å². The molecule has 0 aliphatic heterocycles. The van der Waals surface area contributed by atoms with E-state index in [1.165, 1.54) is 0 Å². The van der Waals surface area contributed by atoms with Gasteiger partial charge in [-0.1, -0.05) is 12.1 Å². The van der Waals surface area contributed by atoms with Crippen molar-refractivity contribution in [1.82, 2.24) is 15.2 Å². The van der Waals surface area contributed by atoms with Crippen LogP contribution in [0.25, 0.3) is 11.4 Å². The summed E-state index contributed by atoms with van der Waals surface area (Å²) in [6.07, 6.45) is 2.31. The molecule has 9 heteroatoms. The zero-order chi connectivity index (χ0) is 23.7. The van der Waals surface area contributed by atoms with Crippen LogP contribution < -0.4 is 26.2 Å². The van der Waals surface area contributed by atoms with Crippen LogP contribution in [0.1, 0.15) is 47.4 Å². The first-order valence-corrected chi connectivity index (χ1v) is 11.2. The summed E-state index contributed by atoms with van der Waals surface area (Å²) < 4.78 is 5.21. The number of nitrogens with one attached hydrogen (secondary N) is 3. The third-order valence-electron chi connectivity index (χ3n) is 5.68. The molecule has 172 valence electrons. The Morgan fingerprint density at radius 3 is 2.65 bits per heavy atom. The molecule has 34 heavy (non-hydrogen) atoms. The third kappa shape index (κ3) is 4.32. The lowest BCUT2D eigenvalue weighted by molar-refractivity contribution is 0.102. The van der Waals surface area contributed by atoms with Gasteiger partial charge < -0.3 is 15.4 Å². The quantitative estimate of drug-likeness (QED) is 0.330. The molecule has 0 unspecified atom stereocenters. The number of aromatic amines is 1. The van der Waals surface area contributed by atoms with E-state index in [2.05, 4.69) is 25.8 Å². The predicted octanol–water partition coefficient (Wildman–Crippen LogP) is 3.21. The van der Waals surface area contributed by atoms with Gasteiger partial charge in [-0.25, -0.2) is 4.98 Å². The fourth-order valence-corrected chi connectivity index (χ4v) is 3.68. The number of benzene rings is 2. The first-order valence-electron chi connectivity index (χ1n) is 11.2. The van der Waals surface area contributed by atoms with E-state index in [9.17, 15) is 14.4 Å². The molecule has 0 atom stereocenters. The number of amides is 1. The normalized spacial score (nSPS) is 13.1. The molecule has 0 bridgehead atoms. The number of carbonyl (C=O) groups is 1. The van der Waals surface area contributed by atoms with Gasteiger partial charge in [-0.15, -0.1) is 0 Å². The van der Waals surface area contributed by atoms with Crippen molar-refractivity contribution in [2.75, 3.05) is 17.2 Å². The lowest BCUT2D eigenvalue weighted by atomic mass is 10.1. The highest BCUT2D eigenvalue weighted by molar-refractivity contribution is 6.04. The lowest BCUT2D eigenvalue weighted by Crippen LogP contribution is -2.35. The molecule has 0 saturated heterocycles. The van der Waals surface area contributed by atoms with E-state index in [0.29, 0.717) is 29.6 Å². The van der Waals surface area contributed by atoms with Crippen molar-refractivity contribution in [3.8, 4) is 17.1 Å². The van der Waals surface area contributed by atoms with E-state index in [1.807, 2.05) is 30.3 Å². The van der Waals surface area contributed by atoms with Crippen LogP contribution in [0.15, 0.2) is 58.1 Å². The van der Waals surface area contributed by atoms with Crippen LogP contribution in [0.5, 0.6) is 5.75 Å². The molecule has 0 radical (unpaired) electrons. The van der Waals surface area contributed by atoms with Crippen molar-refractivity contribution in [2.45, 2.75) is 32.2 Å². The topological polar surface area (TPSA) is 126 Å². The summed E-state index contributed by atoms with van der Waals surface area (Å²) in [6.45, 7) is 2.32. The van der Waals surface area contributed by atoms with Gasteiger partial charge in [-0.3, -0.25) is 19.5 Å². The van der Waals surface area contributed by atoms with E-state index in [-0.39, 0.29) is 23.9 Å². The molecule has 1 heterocycles. The number of rotatable bonds is 9. The Labute approximate surface area is 194 Å². The SMILES string of the molecule is CCOc1c(NCc2cccc(C(=O)Nc3ccc(-c4n[nH]c(C5CC5)n4)cc3)c2)c(=O)c1=O. The largest absolute Gasteiger partial charge is 0.488 e. The van der Waals surface area contributed by atoms with Gasteiger partial charge in [-0.05, 0) is 61.7 Å². The number of nitrogens with zero attached hydrogens (tertiary/aromatic N) is 2. The Kier molecular flexibility index (Phi) is 5.67. The second-order valence-corrected chi connectivity index (χ2v) is 8.20. The zero-order valence-electron chi connectivity index (χ0n) is 18.6. The minimum Gasteiger partial charge on any atom is -0.488 e. The molecule has 9 nitrogen and oxygen atoms in total. The highest BCUT2D eigenvalue weighted by atomic mass is 16.5. The Morgan fingerprint density at radius 1 is 1.12 bits per heavy atom. The maximum atomic E-state index is 12.8. The van der Waals surface area contributed by atoms with Crippen LogP contribution in [-0.4, -0.2) is 27.7 Å². The zero-order valence-corrected chi connectivity index (χ0v) is 18.6. The standard InChI is InChI=1S/C25H23N5O4/c1-2-34-22-19(20(31)21(22)32)26-13-14-4-3-5-17(12-14)25(33)27-18-10-8-16(9-11-18)24-28-23(29-30-24)15-6-7-15/h3-5,8-12,15,26H,2,6-7,13H2,1H3,(H,27,33)(H,28,29,30). The number of anilines is 2. The number of carbonyl (C=O) groups excluding carboxylic acids is 1. The first kappa shape index (κ1) is 21.6. The molecule has 1 aromatic heterocycles.